The standard InChI is InChI=1S/C4H7NOS.2CH3NOS.Zn/c1-2-3-6-4(5)7;2*2-1(3)4;/h2H,1,3H2,(H2,5,7);2*(H3,2,3,4);/q;;;+2/p-2. The van der Waals surface area contributed by atoms with Gasteiger partial charge < -0.3 is 32.2 Å². The van der Waals surface area contributed by atoms with Crippen molar-refractivity contribution in [2.45, 2.75) is 0 Å². The van der Waals surface area contributed by atoms with Gasteiger partial charge in [0.2, 0.25) is 0 Å². The molecule has 10 heteroatoms. The van der Waals surface area contributed by atoms with Gasteiger partial charge in [0.1, 0.15) is 6.61 Å². The summed E-state index contributed by atoms with van der Waals surface area (Å²) in [6.45, 7) is 3.79. The molecule has 0 aliphatic rings. The zero-order valence-corrected chi connectivity index (χ0v) is 13.8. The summed E-state index contributed by atoms with van der Waals surface area (Å²) in [5.74, 6) is 0. The van der Waals surface area contributed by atoms with E-state index in [1.807, 2.05) is 0 Å². The van der Waals surface area contributed by atoms with Crippen molar-refractivity contribution in [1.29, 1.82) is 0 Å². The molecule has 0 aliphatic heterocycles. The fourth-order valence-electron chi connectivity index (χ4n) is 0.141. The Morgan fingerprint density at radius 3 is 1.44 bits per heavy atom. The smallest absolute Gasteiger partial charge is 0.852 e. The van der Waals surface area contributed by atoms with E-state index in [9.17, 15) is 0 Å². The zero-order chi connectivity index (χ0) is 12.9. The number of ether oxygens (including phenoxy) is 1. The van der Waals surface area contributed by atoms with Crippen molar-refractivity contribution >= 4 is 52.2 Å². The predicted molar refractivity (Wildman–Crippen MR) is 66.5 cm³/mol. The van der Waals surface area contributed by atoms with E-state index in [-0.39, 0.29) is 24.7 Å². The predicted octanol–water partition coefficient (Wildman–Crippen LogP) is -2.39. The number of rotatable bonds is 2. The molecule has 0 amide bonds. The van der Waals surface area contributed by atoms with Crippen LogP contribution in [0, 0.1) is 0 Å². The van der Waals surface area contributed by atoms with Gasteiger partial charge in [-0.1, -0.05) is 37.1 Å². The minimum Gasteiger partial charge on any atom is -0.852 e. The normalized spacial score (nSPS) is 6.25. The fraction of sp³-hybridized carbons (Fsp3) is 0.167. The summed E-state index contributed by atoms with van der Waals surface area (Å²) in [5, 5.41) is 16.6. The molecule has 6 N–H and O–H groups in total. The molecule has 0 spiro atoms. The van der Waals surface area contributed by atoms with E-state index in [4.69, 9.17) is 15.9 Å². The summed E-state index contributed by atoms with van der Waals surface area (Å²) < 4.78 is 4.58. The Labute approximate surface area is 123 Å². The van der Waals surface area contributed by atoms with Gasteiger partial charge in [0.05, 0.1) is 0 Å². The average molecular weight is 335 g/mol. The Balaban J connectivity index is -0.0000000700. The molecule has 0 atom stereocenters. The quantitative estimate of drug-likeness (QED) is 0.287. The molecule has 0 aromatic rings. The first-order chi connectivity index (χ1) is 6.73. The second-order valence-corrected chi connectivity index (χ2v) is 2.76. The molecule has 0 aromatic heterocycles. The van der Waals surface area contributed by atoms with Crippen LogP contribution in [-0.4, -0.2) is 22.1 Å². The second kappa shape index (κ2) is 19.9. The van der Waals surface area contributed by atoms with Gasteiger partial charge in [-0.05, 0) is 12.2 Å². The summed E-state index contributed by atoms with van der Waals surface area (Å²) in [6.07, 6.45) is 1.58. The van der Waals surface area contributed by atoms with Crippen LogP contribution in [0.1, 0.15) is 0 Å². The summed E-state index contributed by atoms with van der Waals surface area (Å²) in [5.41, 5.74) is 13.5. The first-order valence-corrected chi connectivity index (χ1v) is 4.42. The Kier molecular flexibility index (Phi) is 30.6. The molecule has 0 unspecified atom stereocenters. The molecule has 0 aliphatic carbocycles. The first-order valence-electron chi connectivity index (χ1n) is 3.20. The monoisotopic (exact) mass is 333 g/mol. The third-order valence-electron chi connectivity index (χ3n) is 0.343. The van der Waals surface area contributed by atoms with Gasteiger partial charge in [0.25, 0.3) is 5.17 Å². The molecule has 16 heavy (non-hydrogen) atoms. The Hall–Kier alpha value is -0.567. The molecule has 0 radical (unpaired) electrons. The molecule has 0 saturated heterocycles. The van der Waals surface area contributed by atoms with Crippen LogP contribution in [0.3, 0.4) is 0 Å². The molecular formula is C6H11N3O3S3Zn. The van der Waals surface area contributed by atoms with Crippen LogP contribution < -0.4 is 27.4 Å². The van der Waals surface area contributed by atoms with Crippen molar-refractivity contribution in [2.24, 2.45) is 17.2 Å². The molecule has 0 fully saturated rings. The molecule has 0 aromatic carbocycles. The van der Waals surface area contributed by atoms with E-state index >= 15 is 0 Å². The number of nitrogens with two attached hydrogens (primary N) is 3. The fourth-order valence-corrected chi connectivity index (χ4v) is 0.209. The minimum atomic E-state index is -0.750. The van der Waals surface area contributed by atoms with Crippen LogP contribution in [0.4, 0.5) is 0 Å². The van der Waals surface area contributed by atoms with Crippen molar-refractivity contribution in [3.05, 3.63) is 12.7 Å². The SMILES string of the molecule is C=CCOC(N)=S.NC([O-])=S.NC([O-])=S.[Zn+2]. The Morgan fingerprint density at radius 1 is 1.12 bits per heavy atom. The van der Waals surface area contributed by atoms with Gasteiger partial charge in [-0.3, -0.25) is 0 Å². The minimum absolute atomic E-state index is 0. The third-order valence-corrected chi connectivity index (χ3v) is 0.461. The molecule has 0 bridgehead atoms. The van der Waals surface area contributed by atoms with E-state index in [2.05, 4.69) is 59.4 Å². The maximum Gasteiger partial charge on any atom is 2.00 e. The van der Waals surface area contributed by atoms with Crippen LogP contribution in [0.15, 0.2) is 12.7 Å². The summed E-state index contributed by atoms with van der Waals surface area (Å²) in [6, 6.07) is 0. The summed E-state index contributed by atoms with van der Waals surface area (Å²) in [4.78, 5) is 0. The maximum atomic E-state index is 9.04. The van der Waals surface area contributed by atoms with Gasteiger partial charge in [0, 0.05) is 10.3 Å². The summed E-state index contributed by atoms with van der Waals surface area (Å²) >= 11 is 11.9. The van der Waals surface area contributed by atoms with Crippen molar-refractivity contribution in [3.8, 4) is 0 Å². The van der Waals surface area contributed by atoms with Crippen LogP contribution in [0.25, 0.3) is 0 Å². The van der Waals surface area contributed by atoms with Gasteiger partial charge in [-0.15, -0.1) is 0 Å². The molecule has 0 saturated carbocycles. The molecule has 6 nitrogen and oxygen atoms in total. The van der Waals surface area contributed by atoms with Crippen molar-refractivity contribution in [1.82, 2.24) is 0 Å². The number of hydrogen-bond acceptors (Lipinski definition) is 6. The van der Waals surface area contributed by atoms with Crippen molar-refractivity contribution in [2.75, 3.05) is 6.61 Å². The first kappa shape index (κ1) is 24.6. The van der Waals surface area contributed by atoms with Crippen molar-refractivity contribution in [3.63, 3.8) is 0 Å². The van der Waals surface area contributed by atoms with Crippen LogP contribution in [0.2, 0.25) is 0 Å². The van der Waals surface area contributed by atoms with Crippen LogP contribution in [0.5, 0.6) is 0 Å². The van der Waals surface area contributed by atoms with Gasteiger partial charge in [-0.2, -0.15) is 0 Å². The molecule has 0 heterocycles. The van der Waals surface area contributed by atoms with Gasteiger partial charge >= 0.3 is 19.5 Å². The zero-order valence-electron chi connectivity index (χ0n) is 8.38. The topological polar surface area (TPSA) is 133 Å². The molecular weight excluding hydrogens is 324 g/mol. The van der Waals surface area contributed by atoms with E-state index in [0.717, 1.165) is 0 Å². The van der Waals surface area contributed by atoms with Crippen molar-refractivity contribution < 1.29 is 34.4 Å². The largest absolute Gasteiger partial charge is 2.00 e. The Bertz CT molecular complexity index is 208. The molecule has 0 rings (SSSR count). The summed E-state index contributed by atoms with van der Waals surface area (Å²) in [7, 11) is 0. The average Bonchev–Trinajstić information content (AvgIpc) is 1.98. The van der Waals surface area contributed by atoms with Crippen LogP contribution in [-0.2, 0) is 24.2 Å². The third kappa shape index (κ3) is 176. The van der Waals surface area contributed by atoms with Gasteiger partial charge in [0.15, 0.2) is 0 Å². The van der Waals surface area contributed by atoms with E-state index in [1.165, 1.54) is 0 Å². The molecule has 88 valence electrons. The van der Waals surface area contributed by atoms with E-state index in [1.54, 1.807) is 6.08 Å². The van der Waals surface area contributed by atoms with Gasteiger partial charge in [-0.25, -0.2) is 0 Å². The number of hydrogen-bond donors (Lipinski definition) is 3. The van der Waals surface area contributed by atoms with E-state index in [0.29, 0.717) is 6.61 Å². The Morgan fingerprint density at radius 2 is 1.38 bits per heavy atom. The number of thiocarbonyl (C=S) groups is 3. The maximum absolute atomic E-state index is 9.04. The second-order valence-electron chi connectivity index (χ2n) is 1.56. The van der Waals surface area contributed by atoms with Crippen LogP contribution >= 0.6 is 36.7 Å². The van der Waals surface area contributed by atoms with E-state index < -0.39 is 10.3 Å².